The molecule has 1 unspecified atom stereocenters. The first-order valence-corrected chi connectivity index (χ1v) is 8.73. The summed E-state index contributed by atoms with van der Waals surface area (Å²) in [5.41, 5.74) is 1.99. The number of hydrogen-bond acceptors (Lipinski definition) is 1. The van der Waals surface area contributed by atoms with Crippen molar-refractivity contribution in [1.29, 1.82) is 0 Å². The monoisotopic (exact) mass is 411 g/mol. The molecule has 1 amide bonds. The van der Waals surface area contributed by atoms with E-state index in [2.05, 4.69) is 44.9 Å². The third kappa shape index (κ3) is 6.66. The van der Waals surface area contributed by atoms with Gasteiger partial charge in [0.2, 0.25) is 6.41 Å². The Balaban J connectivity index is 2.87. The molecule has 0 aliphatic heterocycles. The Morgan fingerprint density at radius 1 is 1.38 bits per heavy atom. The number of benzene rings is 1. The van der Waals surface area contributed by atoms with Crippen LogP contribution in [0.3, 0.4) is 0 Å². The average molecular weight is 413 g/mol. The lowest BCUT2D eigenvalue weighted by atomic mass is 10.1. The molecule has 1 rings (SSSR count). The van der Waals surface area contributed by atoms with Crippen molar-refractivity contribution in [3.8, 4) is 0 Å². The lowest BCUT2D eigenvalue weighted by Gasteiger charge is -2.20. The number of carbonyl (C=O) groups excluding carboxylic acids is 1. The summed E-state index contributed by atoms with van der Waals surface area (Å²) in [6.45, 7) is 2.72. The third-order valence-electron chi connectivity index (χ3n) is 3.01. The van der Waals surface area contributed by atoms with Crippen molar-refractivity contribution < 1.29 is 4.79 Å². The van der Waals surface area contributed by atoms with Gasteiger partial charge in [0, 0.05) is 10.5 Å². The molecule has 0 N–H and O–H groups in total. The van der Waals surface area contributed by atoms with Gasteiger partial charge in [-0.05, 0) is 22.4 Å². The molecule has 1 aromatic carbocycles. The van der Waals surface area contributed by atoms with Gasteiger partial charge in [0.15, 0.2) is 7.85 Å². The maximum atomic E-state index is 11.5. The summed E-state index contributed by atoms with van der Waals surface area (Å²) in [5, 5.41) is 0. The summed E-state index contributed by atoms with van der Waals surface area (Å²) >= 11 is 7.12. The van der Waals surface area contributed by atoms with Crippen LogP contribution < -0.4 is 0 Å². The second kappa shape index (κ2) is 10.0. The molecule has 0 aliphatic rings. The Morgan fingerprint density at radius 3 is 2.57 bits per heavy atom. The smallest absolute Gasteiger partial charge is 0.214 e. The van der Waals surface area contributed by atoms with Crippen molar-refractivity contribution in [2.45, 2.75) is 31.1 Å². The van der Waals surface area contributed by atoms with E-state index >= 15 is 0 Å². The quantitative estimate of drug-likeness (QED) is 0.274. The molecule has 0 radical (unpaired) electrons. The molecule has 0 saturated heterocycles. The summed E-state index contributed by atoms with van der Waals surface area (Å²) in [6, 6.07) is 9.97. The third-order valence-corrected chi connectivity index (χ3v) is 4.18. The van der Waals surface area contributed by atoms with Crippen molar-refractivity contribution >= 4 is 46.1 Å². The Labute approximate surface area is 145 Å². The molecule has 0 fully saturated rings. The van der Waals surface area contributed by atoms with E-state index in [1.807, 2.05) is 44.3 Å². The fourth-order valence-electron chi connectivity index (χ4n) is 1.94. The van der Waals surface area contributed by atoms with Crippen molar-refractivity contribution in [2.24, 2.45) is 0 Å². The standard InChI is InChI=1S/C16H20BBr2NO/c1-2-6-14(18)9-10-15(16(17)19)20(12-21)11-13-7-4-3-5-8-13/h3-5,7-10,12,14H,2,6,11,17H2,1H3/b10-9+,16-15-. The molecule has 0 heterocycles. The van der Waals surface area contributed by atoms with Gasteiger partial charge in [-0.15, -0.1) is 0 Å². The first kappa shape index (κ1) is 18.2. The Morgan fingerprint density at radius 2 is 2.05 bits per heavy atom. The van der Waals surface area contributed by atoms with Crippen LogP contribution in [0.5, 0.6) is 0 Å². The minimum absolute atomic E-state index is 0.328. The molecule has 1 atom stereocenters. The Kier molecular flexibility index (Phi) is 8.70. The van der Waals surface area contributed by atoms with E-state index in [9.17, 15) is 4.79 Å². The van der Waals surface area contributed by atoms with Crippen molar-refractivity contribution in [3.05, 3.63) is 58.1 Å². The number of hydrogen-bond donors (Lipinski definition) is 0. The van der Waals surface area contributed by atoms with E-state index in [-0.39, 0.29) is 0 Å². The zero-order valence-corrected chi connectivity index (χ0v) is 15.6. The molecule has 0 aliphatic carbocycles. The summed E-state index contributed by atoms with van der Waals surface area (Å²) in [6.07, 6.45) is 7.15. The number of halogens is 2. The molecule has 0 bridgehead atoms. The zero-order valence-electron chi connectivity index (χ0n) is 12.4. The highest BCUT2D eigenvalue weighted by Crippen LogP contribution is 2.19. The van der Waals surface area contributed by atoms with Crippen LogP contribution in [0, 0.1) is 0 Å². The fraction of sp³-hybridized carbons (Fsp3) is 0.312. The van der Waals surface area contributed by atoms with E-state index < -0.39 is 0 Å². The number of rotatable bonds is 8. The van der Waals surface area contributed by atoms with Crippen LogP contribution in [0.15, 0.2) is 52.6 Å². The van der Waals surface area contributed by atoms with E-state index in [0.717, 1.165) is 34.9 Å². The van der Waals surface area contributed by atoms with Crippen molar-refractivity contribution in [2.75, 3.05) is 0 Å². The lowest BCUT2D eigenvalue weighted by Crippen LogP contribution is -2.21. The van der Waals surface area contributed by atoms with Crippen LogP contribution in [0.1, 0.15) is 25.3 Å². The summed E-state index contributed by atoms with van der Waals surface area (Å²) in [4.78, 5) is 13.5. The molecule has 5 heteroatoms. The summed E-state index contributed by atoms with van der Waals surface area (Å²) in [5.74, 6) is 0. The van der Waals surface area contributed by atoms with E-state index in [1.54, 1.807) is 4.90 Å². The number of alkyl halides is 1. The van der Waals surface area contributed by atoms with Gasteiger partial charge in [0.05, 0.1) is 6.54 Å². The Hall–Kier alpha value is -0.805. The zero-order chi connectivity index (χ0) is 15.7. The van der Waals surface area contributed by atoms with E-state index in [4.69, 9.17) is 0 Å². The van der Waals surface area contributed by atoms with Crippen LogP contribution in [0.4, 0.5) is 0 Å². The van der Waals surface area contributed by atoms with Gasteiger partial charge < -0.3 is 4.90 Å². The molecule has 1 aromatic rings. The van der Waals surface area contributed by atoms with Gasteiger partial charge in [-0.1, -0.05) is 81.6 Å². The first-order valence-electron chi connectivity index (χ1n) is 7.03. The number of carbonyl (C=O) groups is 1. The molecular weight excluding hydrogens is 393 g/mol. The molecule has 112 valence electrons. The molecule has 0 spiro atoms. The minimum atomic E-state index is 0.328. The minimum Gasteiger partial charge on any atom is -0.311 e. The van der Waals surface area contributed by atoms with Gasteiger partial charge in [0.25, 0.3) is 0 Å². The average Bonchev–Trinajstić information content (AvgIpc) is 2.47. The molecule has 21 heavy (non-hydrogen) atoms. The lowest BCUT2D eigenvalue weighted by molar-refractivity contribution is -0.116. The maximum absolute atomic E-state index is 11.5. The number of nitrogens with zero attached hydrogens (tertiary/aromatic N) is 1. The van der Waals surface area contributed by atoms with Gasteiger partial charge in [-0.3, -0.25) is 4.79 Å². The second-order valence-corrected chi connectivity index (χ2v) is 7.17. The highest BCUT2D eigenvalue weighted by atomic mass is 79.9. The van der Waals surface area contributed by atoms with E-state index in [0.29, 0.717) is 11.4 Å². The van der Waals surface area contributed by atoms with Crippen LogP contribution in [0.2, 0.25) is 0 Å². The highest BCUT2D eigenvalue weighted by Gasteiger charge is 2.09. The topological polar surface area (TPSA) is 20.3 Å². The fourth-order valence-corrected chi connectivity index (χ4v) is 2.91. The van der Waals surface area contributed by atoms with Crippen molar-refractivity contribution in [1.82, 2.24) is 4.90 Å². The van der Waals surface area contributed by atoms with Gasteiger partial charge in [0.1, 0.15) is 0 Å². The second-order valence-electron chi connectivity index (χ2n) is 4.80. The van der Waals surface area contributed by atoms with Crippen molar-refractivity contribution in [3.63, 3.8) is 0 Å². The molecule has 0 aromatic heterocycles. The predicted molar refractivity (Wildman–Crippen MR) is 99.3 cm³/mol. The normalized spacial score (nSPS) is 13.9. The molecule has 0 saturated carbocycles. The number of allylic oxidation sites excluding steroid dienone is 2. The maximum Gasteiger partial charge on any atom is 0.214 e. The molecular formula is C16H20BBr2NO. The number of amides is 1. The highest BCUT2D eigenvalue weighted by molar-refractivity contribution is 9.12. The van der Waals surface area contributed by atoms with Gasteiger partial charge in [-0.25, -0.2) is 0 Å². The van der Waals surface area contributed by atoms with Gasteiger partial charge >= 0.3 is 0 Å². The van der Waals surface area contributed by atoms with Crippen LogP contribution >= 0.6 is 31.9 Å². The van der Waals surface area contributed by atoms with Crippen LogP contribution in [-0.2, 0) is 11.3 Å². The first-order chi connectivity index (χ1) is 10.1. The Bertz CT molecular complexity index is 498. The van der Waals surface area contributed by atoms with Crippen LogP contribution in [0.25, 0.3) is 0 Å². The largest absolute Gasteiger partial charge is 0.311 e. The SMILES string of the molecule is B/C(Br)=C(\C=C\C(Br)CCC)N(C=O)Cc1ccccc1. The summed E-state index contributed by atoms with van der Waals surface area (Å²) in [7, 11) is 1.95. The summed E-state index contributed by atoms with van der Waals surface area (Å²) < 4.78 is 0.943. The van der Waals surface area contributed by atoms with Gasteiger partial charge in [-0.2, -0.15) is 0 Å². The molecule has 2 nitrogen and oxygen atoms in total. The van der Waals surface area contributed by atoms with Crippen LogP contribution in [-0.4, -0.2) is 24.0 Å². The van der Waals surface area contributed by atoms with E-state index in [1.165, 1.54) is 0 Å². The predicted octanol–water partition coefficient (Wildman–Crippen LogP) is 3.96.